The fraction of sp³-hybridized carbons (Fsp3) is 0.500. The van der Waals surface area contributed by atoms with Gasteiger partial charge in [0.15, 0.2) is 0 Å². The van der Waals surface area contributed by atoms with Crippen LogP contribution in [0.3, 0.4) is 0 Å². The van der Waals surface area contributed by atoms with E-state index in [1.165, 1.54) is 6.07 Å². The summed E-state index contributed by atoms with van der Waals surface area (Å²) in [5, 5.41) is 3.11. The molecule has 1 aromatic rings. The summed E-state index contributed by atoms with van der Waals surface area (Å²) >= 11 is 0. The van der Waals surface area contributed by atoms with Gasteiger partial charge in [-0.05, 0) is 31.0 Å². The SMILES string of the molecule is NCC1(Nc2ccc(C(N)=O)c(C(F)(F)F)c2)CCCC1. The zero-order valence-corrected chi connectivity index (χ0v) is 11.5. The molecule has 5 N–H and O–H groups in total. The average Bonchev–Trinajstić information content (AvgIpc) is 2.86. The predicted molar refractivity (Wildman–Crippen MR) is 73.8 cm³/mol. The first kappa shape index (κ1) is 15.6. The minimum atomic E-state index is -4.63. The lowest BCUT2D eigenvalue weighted by Gasteiger charge is -2.30. The van der Waals surface area contributed by atoms with Crippen LogP contribution in [0.15, 0.2) is 18.2 Å². The molecule has 2 rings (SSSR count). The number of carbonyl (C=O) groups excluding carboxylic acids is 1. The van der Waals surface area contributed by atoms with Crippen LogP contribution < -0.4 is 16.8 Å². The number of benzene rings is 1. The number of nitrogens with one attached hydrogen (secondary N) is 1. The van der Waals surface area contributed by atoms with Crippen LogP contribution in [0.2, 0.25) is 0 Å². The number of hydrogen-bond acceptors (Lipinski definition) is 3. The Balaban J connectivity index is 2.36. The van der Waals surface area contributed by atoms with Crippen molar-refractivity contribution >= 4 is 11.6 Å². The molecule has 0 saturated heterocycles. The summed E-state index contributed by atoms with van der Waals surface area (Å²) in [4.78, 5) is 11.1. The van der Waals surface area contributed by atoms with Crippen molar-refractivity contribution in [3.63, 3.8) is 0 Å². The number of rotatable bonds is 4. The first-order chi connectivity index (χ1) is 9.77. The standard InChI is InChI=1S/C14H18F3N3O/c15-14(16,17)11-7-9(3-4-10(11)12(19)21)20-13(8-18)5-1-2-6-13/h3-4,7,20H,1-2,5-6,8,18H2,(H2,19,21). The van der Waals surface area contributed by atoms with Gasteiger partial charge in [-0.1, -0.05) is 12.8 Å². The zero-order valence-electron chi connectivity index (χ0n) is 11.5. The fourth-order valence-corrected chi connectivity index (χ4v) is 2.81. The second-order valence-electron chi connectivity index (χ2n) is 5.44. The molecule has 0 bridgehead atoms. The van der Waals surface area contributed by atoms with Gasteiger partial charge < -0.3 is 16.8 Å². The van der Waals surface area contributed by atoms with E-state index in [-0.39, 0.29) is 5.54 Å². The normalized spacial score (nSPS) is 17.7. The van der Waals surface area contributed by atoms with E-state index in [1.807, 2.05) is 0 Å². The third-order valence-electron chi connectivity index (χ3n) is 3.95. The number of nitrogens with two attached hydrogens (primary N) is 2. The van der Waals surface area contributed by atoms with E-state index in [0.717, 1.165) is 37.8 Å². The molecule has 7 heteroatoms. The van der Waals surface area contributed by atoms with Gasteiger partial charge in [-0.2, -0.15) is 13.2 Å². The Kier molecular flexibility index (Phi) is 4.13. The van der Waals surface area contributed by atoms with Gasteiger partial charge >= 0.3 is 6.18 Å². The highest BCUT2D eigenvalue weighted by Crippen LogP contribution is 2.36. The van der Waals surface area contributed by atoms with Crippen LogP contribution in [0.5, 0.6) is 0 Å². The second-order valence-corrected chi connectivity index (χ2v) is 5.44. The molecule has 1 aliphatic carbocycles. The van der Waals surface area contributed by atoms with Crippen molar-refractivity contribution in [3.05, 3.63) is 29.3 Å². The Bertz CT molecular complexity index is 537. The van der Waals surface area contributed by atoms with Crippen molar-refractivity contribution in [2.45, 2.75) is 37.4 Å². The van der Waals surface area contributed by atoms with Crippen molar-refractivity contribution in [1.29, 1.82) is 0 Å². The molecule has 1 amide bonds. The lowest BCUT2D eigenvalue weighted by Crippen LogP contribution is -2.42. The molecule has 1 aromatic carbocycles. The van der Waals surface area contributed by atoms with E-state index >= 15 is 0 Å². The minimum absolute atomic E-state index is 0.305. The molecule has 1 fully saturated rings. The maximum absolute atomic E-state index is 13.0. The van der Waals surface area contributed by atoms with Crippen molar-refractivity contribution in [2.24, 2.45) is 11.5 Å². The second kappa shape index (κ2) is 5.55. The van der Waals surface area contributed by atoms with Crippen LogP contribution in [0.25, 0.3) is 0 Å². The molecule has 0 atom stereocenters. The fourth-order valence-electron chi connectivity index (χ4n) is 2.81. The van der Waals surface area contributed by atoms with Crippen LogP contribution in [-0.2, 0) is 6.18 Å². The predicted octanol–water partition coefficient (Wildman–Crippen LogP) is 2.49. The summed E-state index contributed by atoms with van der Waals surface area (Å²) in [6.45, 7) is 0.353. The van der Waals surface area contributed by atoms with Crippen molar-refractivity contribution in [3.8, 4) is 0 Å². The molecule has 0 aliphatic heterocycles. The van der Waals surface area contributed by atoms with E-state index in [1.54, 1.807) is 0 Å². The van der Waals surface area contributed by atoms with Gasteiger partial charge in [-0.3, -0.25) is 4.79 Å². The van der Waals surface area contributed by atoms with Crippen LogP contribution in [-0.4, -0.2) is 18.0 Å². The van der Waals surface area contributed by atoms with E-state index in [4.69, 9.17) is 11.5 Å². The van der Waals surface area contributed by atoms with Gasteiger partial charge in [0, 0.05) is 17.8 Å². The maximum atomic E-state index is 13.0. The average molecular weight is 301 g/mol. The van der Waals surface area contributed by atoms with Crippen molar-refractivity contribution < 1.29 is 18.0 Å². The minimum Gasteiger partial charge on any atom is -0.378 e. The highest BCUT2D eigenvalue weighted by atomic mass is 19.4. The molecular weight excluding hydrogens is 283 g/mol. The molecule has 21 heavy (non-hydrogen) atoms. The lowest BCUT2D eigenvalue weighted by molar-refractivity contribution is -0.137. The van der Waals surface area contributed by atoms with Crippen LogP contribution in [0.1, 0.15) is 41.6 Å². The zero-order chi connectivity index (χ0) is 15.7. The number of amides is 1. The van der Waals surface area contributed by atoms with Gasteiger partial charge in [0.25, 0.3) is 0 Å². The van der Waals surface area contributed by atoms with Gasteiger partial charge in [0.2, 0.25) is 5.91 Å². The summed E-state index contributed by atoms with van der Waals surface area (Å²) in [6, 6.07) is 3.47. The van der Waals surface area contributed by atoms with Gasteiger partial charge in [-0.15, -0.1) is 0 Å². The summed E-state index contributed by atoms with van der Waals surface area (Å²) < 4.78 is 39.1. The quantitative estimate of drug-likeness (QED) is 0.799. The van der Waals surface area contributed by atoms with Crippen LogP contribution >= 0.6 is 0 Å². The molecule has 0 radical (unpaired) electrons. The van der Waals surface area contributed by atoms with Crippen molar-refractivity contribution in [1.82, 2.24) is 0 Å². The Morgan fingerprint density at radius 1 is 1.29 bits per heavy atom. The lowest BCUT2D eigenvalue weighted by atomic mass is 9.96. The molecule has 116 valence electrons. The number of primary amides is 1. The van der Waals surface area contributed by atoms with Crippen molar-refractivity contribution in [2.75, 3.05) is 11.9 Å². The third kappa shape index (κ3) is 3.29. The third-order valence-corrected chi connectivity index (χ3v) is 3.95. The number of carbonyl (C=O) groups is 1. The number of halogens is 3. The molecule has 1 aliphatic rings. The smallest absolute Gasteiger partial charge is 0.378 e. The molecule has 1 saturated carbocycles. The highest BCUT2D eigenvalue weighted by Gasteiger charge is 2.36. The summed E-state index contributed by atoms with van der Waals surface area (Å²) in [5.41, 5.74) is 9.15. The number of hydrogen-bond donors (Lipinski definition) is 3. The topological polar surface area (TPSA) is 81.1 Å². The molecule has 4 nitrogen and oxygen atoms in total. The van der Waals surface area contributed by atoms with Gasteiger partial charge in [0.05, 0.1) is 11.1 Å². The largest absolute Gasteiger partial charge is 0.417 e. The van der Waals surface area contributed by atoms with E-state index in [9.17, 15) is 18.0 Å². The molecule has 0 unspecified atom stereocenters. The van der Waals surface area contributed by atoms with E-state index < -0.39 is 23.2 Å². The first-order valence-corrected chi connectivity index (χ1v) is 6.77. The van der Waals surface area contributed by atoms with E-state index in [0.29, 0.717) is 12.2 Å². The molecular formula is C14H18F3N3O. The summed E-state index contributed by atoms with van der Waals surface area (Å²) in [7, 11) is 0. The molecule has 0 aromatic heterocycles. The Morgan fingerprint density at radius 2 is 1.90 bits per heavy atom. The number of alkyl halides is 3. The van der Waals surface area contributed by atoms with Gasteiger partial charge in [-0.25, -0.2) is 0 Å². The summed E-state index contributed by atoms with van der Waals surface area (Å²) in [6.07, 6.45) is -0.996. The highest BCUT2D eigenvalue weighted by molar-refractivity contribution is 5.95. The Morgan fingerprint density at radius 3 is 2.38 bits per heavy atom. The van der Waals surface area contributed by atoms with Crippen LogP contribution in [0, 0.1) is 0 Å². The maximum Gasteiger partial charge on any atom is 0.417 e. The number of anilines is 1. The monoisotopic (exact) mass is 301 g/mol. The Labute approximate surface area is 120 Å². The molecule has 0 spiro atoms. The summed E-state index contributed by atoms with van der Waals surface area (Å²) in [5.74, 6) is -1.09. The first-order valence-electron chi connectivity index (χ1n) is 6.77. The van der Waals surface area contributed by atoms with Crippen LogP contribution in [0.4, 0.5) is 18.9 Å². The Hall–Kier alpha value is -1.76. The van der Waals surface area contributed by atoms with Gasteiger partial charge in [0.1, 0.15) is 0 Å². The van der Waals surface area contributed by atoms with E-state index in [2.05, 4.69) is 5.32 Å². The molecule has 0 heterocycles.